The second-order valence-corrected chi connectivity index (χ2v) is 26.4. The molecule has 19 heteroatoms. The highest BCUT2D eigenvalue weighted by Crippen LogP contribution is 2.45. The van der Waals surface area contributed by atoms with Crippen LogP contribution >= 0.6 is 15.6 Å². The molecule has 80 heavy (non-hydrogen) atoms. The van der Waals surface area contributed by atoms with Crippen LogP contribution in [0.2, 0.25) is 0 Å². The van der Waals surface area contributed by atoms with E-state index >= 15 is 0 Å². The normalized spacial score (nSPS) is 14.5. The number of phosphoric acid groups is 2. The first kappa shape index (κ1) is 78.1. The number of aliphatic hydroxyl groups is 1. The lowest BCUT2D eigenvalue weighted by Gasteiger charge is -2.21. The number of carbonyl (C=O) groups excluding carboxylic acids is 4. The summed E-state index contributed by atoms with van der Waals surface area (Å²) in [6.07, 6.45) is 32.3. The number of rotatable bonds is 59. The first-order valence-electron chi connectivity index (χ1n) is 31.8. The standard InChI is InChI=1S/C61H118O17P2/c1-8-9-10-11-12-13-14-21-28-35-42-58(63)71-48-56(77-60(65)44-37-30-23-16-19-26-33-40-53(4)5)50-75-79(67,68)73-46-55(62)47-74-80(69,70)76-51-57(78-61(66)45-38-31-24-17-20-27-34-41-54(6)7)49-72-59(64)43-36-29-22-15-18-25-32-39-52(2)3/h52-57,62H,8-51H2,1-7H3,(H,67,68)(H,69,70)/t55-,56+,57+/m0/s1. The summed E-state index contributed by atoms with van der Waals surface area (Å²) in [4.78, 5) is 72.0. The number of hydrogen-bond donors (Lipinski definition) is 3. The number of aliphatic hydroxyl groups excluding tert-OH is 1. The number of esters is 4. The molecule has 474 valence electrons. The van der Waals surface area contributed by atoms with Crippen molar-refractivity contribution in [2.24, 2.45) is 17.8 Å². The van der Waals surface area contributed by atoms with Gasteiger partial charge in [-0.05, 0) is 43.4 Å². The summed E-state index contributed by atoms with van der Waals surface area (Å²) >= 11 is 0. The Morgan fingerprint density at radius 2 is 0.575 bits per heavy atom. The Hall–Kier alpha value is -1.94. The first-order chi connectivity index (χ1) is 38.2. The molecule has 0 heterocycles. The van der Waals surface area contributed by atoms with Crippen molar-refractivity contribution in [3.63, 3.8) is 0 Å². The van der Waals surface area contributed by atoms with Crippen molar-refractivity contribution in [3.8, 4) is 0 Å². The summed E-state index contributed by atoms with van der Waals surface area (Å²) in [5, 5.41) is 10.5. The van der Waals surface area contributed by atoms with E-state index in [1.165, 1.54) is 96.3 Å². The third kappa shape index (κ3) is 55.3. The molecule has 0 rings (SSSR count). The van der Waals surface area contributed by atoms with Gasteiger partial charge in [-0.15, -0.1) is 0 Å². The van der Waals surface area contributed by atoms with Gasteiger partial charge < -0.3 is 33.8 Å². The fourth-order valence-electron chi connectivity index (χ4n) is 8.95. The molecule has 17 nitrogen and oxygen atoms in total. The number of unbranched alkanes of at least 4 members (excludes halogenated alkanes) is 27. The molecule has 0 aliphatic carbocycles. The molecular formula is C61H118O17P2. The van der Waals surface area contributed by atoms with Gasteiger partial charge in [0, 0.05) is 25.7 Å². The van der Waals surface area contributed by atoms with Crippen LogP contribution in [0.1, 0.15) is 292 Å². The molecule has 0 aliphatic rings. The smallest absolute Gasteiger partial charge is 0.462 e. The van der Waals surface area contributed by atoms with E-state index in [9.17, 15) is 43.2 Å². The summed E-state index contributed by atoms with van der Waals surface area (Å²) in [7, 11) is -9.88. The van der Waals surface area contributed by atoms with Crippen molar-refractivity contribution in [2.75, 3.05) is 39.6 Å². The van der Waals surface area contributed by atoms with Crippen molar-refractivity contribution in [3.05, 3.63) is 0 Å². The maximum Gasteiger partial charge on any atom is 0.472 e. The highest BCUT2D eigenvalue weighted by Gasteiger charge is 2.30. The zero-order chi connectivity index (χ0) is 59.5. The van der Waals surface area contributed by atoms with Crippen molar-refractivity contribution >= 4 is 39.5 Å². The zero-order valence-corrected chi connectivity index (χ0v) is 53.3. The van der Waals surface area contributed by atoms with E-state index in [0.717, 1.165) is 96.3 Å². The summed E-state index contributed by atoms with van der Waals surface area (Å²) < 4.78 is 67.8. The SMILES string of the molecule is CCCCCCCCCCCCC(=O)OC[C@H](COP(=O)(O)OC[C@H](O)COP(=O)(O)OC[C@@H](COC(=O)CCCCCCCCCC(C)C)OC(=O)CCCCCCCCCC(C)C)OC(=O)CCCCCCCCCC(C)C. The van der Waals surface area contributed by atoms with Crippen LogP contribution in [0.5, 0.6) is 0 Å². The summed E-state index contributed by atoms with van der Waals surface area (Å²) in [6.45, 7) is 11.6. The molecule has 0 aromatic heterocycles. The van der Waals surface area contributed by atoms with Gasteiger partial charge in [-0.3, -0.25) is 37.3 Å². The van der Waals surface area contributed by atoms with Crippen LogP contribution < -0.4 is 0 Å². The van der Waals surface area contributed by atoms with Crippen LogP contribution in [0.25, 0.3) is 0 Å². The molecule has 0 aromatic rings. The molecular weight excluding hydrogens is 1070 g/mol. The molecule has 0 aliphatic heterocycles. The molecule has 0 saturated heterocycles. The van der Waals surface area contributed by atoms with Crippen LogP contribution in [0.4, 0.5) is 0 Å². The summed E-state index contributed by atoms with van der Waals surface area (Å²) in [5.74, 6) is -0.0482. The largest absolute Gasteiger partial charge is 0.472 e. The molecule has 2 unspecified atom stereocenters. The average Bonchev–Trinajstić information content (AvgIpc) is 3.40. The van der Waals surface area contributed by atoms with Gasteiger partial charge in [0.1, 0.15) is 19.3 Å². The summed E-state index contributed by atoms with van der Waals surface area (Å²) in [6, 6.07) is 0. The number of hydrogen-bond acceptors (Lipinski definition) is 15. The predicted molar refractivity (Wildman–Crippen MR) is 317 cm³/mol. The highest BCUT2D eigenvalue weighted by molar-refractivity contribution is 7.47. The van der Waals surface area contributed by atoms with E-state index < -0.39 is 97.5 Å². The second-order valence-electron chi connectivity index (χ2n) is 23.5. The second kappa shape index (κ2) is 52.6. The minimum absolute atomic E-state index is 0.102. The van der Waals surface area contributed by atoms with E-state index in [0.29, 0.717) is 43.4 Å². The van der Waals surface area contributed by atoms with Crippen LogP contribution in [0, 0.1) is 17.8 Å². The molecule has 0 amide bonds. The number of carbonyl (C=O) groups is 4. The molecule has 5 atom stereocenters. The van der Waals surface area contributed by atoms with E-state index in [1.807, 2.05) is 0 Å². The Morgan fingerprint density at radius 3 is 0.850 bits per heavy atom. The quantitative estimate of drug-likeness (QED) is 0.0222. The summed E-state index contributed by atoms with van der Waals surface area (Å²) in [5.41, 5.74) is 0. The fourth-order valence-corrected chi connectivity index (χ4v) is 10.5. The lowest BCUT2D eigenvalue weighted by Crippen LogP contribution is -2.30. The number of ether oxygens (including phenoxy) is 4. The van der Waals surface area contributed by atoms with E-state index in [4.69, 9.17) is 37.0 Å². The van der Waals surface area contributed by atoms with Gasteiger partial charge in [0.2, 0.25) is 0 Å². The highest BCUT2D eigenvalue weighted by atomic mass is 31.2. The van der Waals surface area contributed by atoms with E-state index in [2.05, 4.69) is 48.5 Å². The van der Waals surface area contributed by atoms with Gasteiger partial charge in [-0.25, -0.2) is 9.13 Å². The fraction of sp³-hybridized carbons (Fsp3) is 0.934. The predicted octanol–water partition coefficient (Wildman–Crippen LogP) is 16.3. The maximum atomic E-state index is 12.9. The maximum absolute atomic E-state index is 12.9. The lowest BCUT2D eigenvalue weighted by atomic mass is 10.0. The molecule has 0 fully saturated rings. The molecule has 0 aromatic carbocycles. The van der Waals surface area contributed by atoms with Crippen LogP contribution in [0.3, 0.4) is 0 Å². The average molecular weight is 1190 g/mol. The first-order valence-corrected chi connectivity index (χ1v) is 34.8. The lowest BCUT2D eigenvalue weighted by molar-refractivity contribution is -0.161. The van der Waals surface area contributed by atoms with Crippen molar-refractivity contribution in [2.45, 2.75) is 311 Å². The Bertz CT molecular complexity index is 1600. The van der Waals surface area contributed by atoms with Crippen LogP contribution in [0.15, 0.2) is 0 Å². The molecule has 0 spiro atoms. The van der Waals surface area contributed by atoms with Crippen LogP contribution in [-0.4, -0.2) is 96.7 Å². The monoisotopic (exact) mass is 1180 g/mol. The van der Waals surface area contributed by atoms with E-state index in [-0.39, 0.29) is 25.7 Å². The Balaban J connectivity index is 5.24. The van der Waals surface area contributed by atoms with Crippen molar-refractivity contribution in [1.29, 1.82) is 0 Å². The zero-order valence-electron chi connectivity index (χ0n) is 51.5. The minimum Gasteiger partial charge on any atom is -0.462 e. The van der Waals surface area contributed by atoms with Gasteiger partial charge in [0.15, 0.2) is 12.2 Å². The molecule has 0 bridgehead atoms. The van der Waals surface area contributed by atoms with Gasteiger partial charge in [-0.2, -0.15) is 0 Å². The topological polar surface area (TPSA) is 237 Å². The van der Waals surface area contributed by atoms with Crippen molar-refractivity contribution < 1.29 is 80.2 Å². The third-order valence-electron chi connectivity index (χ3n) is 13.9. The molecule has 0 saturated carbocycles. The van der Waals surface area contributed by atoms with Gasteiger partial charge in [0.05, 0.1) is 26.4 Å². The third-order valence-corrected chi connectivity index (χ3v) is 15.8. The van der Waals surface area contributed by atoms with Crippen molar-refractivity contribution in [1.82, 2.24) is 0 Å². The Kier molecular flexibility index (Phi) is 51.3. The molecule has 3 N–H and O–H groups in total. The van der Waals surface area contributed by atoms with Gasteiger partial charge in [-0.1, -0.05) is 241 Å². The Morgan fingerprint density at radius 1 is 0.338 bits per heavy atom. The van der Waals surface area contributed by atoms with Crippen LogP contribution in [-0.2, 0) is 65.4 Å². The minimum atomic E-state index is -4.94. The number of phosphoric ester groups is 2. The van der Waals surface area contributed by atoms with E-state index in [1.54, 1.807) is 0 Å². The van der Waals surface area contributed by atoms with Gasteiger partial charge in [0.25, 0.3) is 0 Å². The Labute approximate surface area is 486 Å². The van der Waals surface area contributed by atoms with Gasteiger partial charge >= 0.3 is 39.5 Å². The molecule has 0 radical (unpaired) electrons.